The van der Waals surface area contributed by atoms with Gasteiger partial charge in [0, 0.05) is 21.3 Å². The monoisotopic (exact) mass is 441 g/mol. The van der Waals surface area contributed by atoms with E-state index in [4.69, 9.17) is 4.98 Å². The van der Waals surface area contributed by atoms with Crippen molar-refractivity contribution in [1.82, 2.24) is 9.88 Å². The first kappa shape index (κ1) is 21.1. The van der Waals surface area contributed by atoms with E-state index in [-0.39, 0.29) is 0 Å². The second-order valence-corrected chi connectivity index (χ2v) is 8.38. The van der Waals surface area contributed by atoms with E-state index < -0.39 is 0 Å². The Kier molecular flexibility index (Phi) is 7.69. The van der Waals surface area contributed by atoms with Gasteiger partial charge < -0.3 is 10.2 Å². The van der Waals surface area contributed by atoms with Gasteiger partial charge in [0.25, 0.3) is 0 Å². The molecular formula is C24H32BrN3. The Labute approximate surface area is 177 Å². The van der Waals surface area contributed by atoms with Crippen LogP contribution in [0.5, 0.6) is 0 Å². The number of fused-ring (bicyclic) bond motifs is 2. The molecule has 0 amide bonds. The predicted octanol–water partition coefficient (Wildman–Crippen LogP) is 6.85. The van der Waals surface area contributed by atoms with Gasteiger partial charge in [-0.1, -0.05) is 61.3 Å². The van der Waals surface area contributed by atoms with Crippen LogP contribution in [-0.2, 0) is 0 Å². The number of nitrogens with one attached hydrogen (secondary N) is 1. The summed E-state index contributed by atoms with van der Waals surface area (Å²) in [6.07, 6.45) is 4.79. The molecule has 0 unspecified atom stereocenters. The summed E-state index contributed by atoms with van der Waals surface area (Å²) in [6.45, 7) is 10.2. The molecule has 1 atom stereocenters. The molecule has 0 aliphatic carbocycles. The minimum Gasteiger partial charge on any atom is -0.381 e. The Hall–Kier alpha value is -1.65. The largest absolute Gasteiger partial charge is 0.381 e. The van der Waals surface area contributed by atoms with Crippen molar-refractivity contribution in [1.29, 1.82) is 0 Å². The van der Waals surface area contributed by atoms with Crippen molar-refractivity contribution in [2.45, 2.75) is 52.5 Å². The minimum atomic E-state index is 0.480. The second kappa shape index (κ2) is 10.2. The van der Waals surface area contributed by atoms with E-state index in [1.807, 2.05) is 0 Å². The maximum atomic E-state index is 4.87. The molecule has 0 fully saturated rings. The number of pyridine rings is 1. The molecule has 4 heteroatoms. The van der Waals surface area contributed by atoms with Crippen LogP contribution >= 0.6 is 15.9 Å². The lowest BCUT2D eigenvalue weighted by molar-refractivity contribution is 0.293. The van der Waals surface area contributed by atoms with Crippen LogP contribution in [0, 0.1) is 0 Å². The average molecular weight is 442 g/mol. The second-order valence-electron chi connectivity index (χ2n) is 7.46. The number of benzene rings is 2. The lowest BCUT2D eigenvalue weighted by Crippen LogP contribution is -2.26. The number of rotatable bonds is 10. The molecule has 3 aromatic rings. The number of hydrogen-bond donors (Lipinski definition) is 1. The quantitative estimate of drug-likeness (QED) is 0.348. The summed E-state index contributed by atoms with van der Waals surface area (Å²) in [5.41, 5.74) is 3.32. The van der Waals surface area contributed by atoms with Crippen LogP contribution in [0.15, 0.2) is 46.9 Å². The van der Waals surface area contributed by atoms with E-state index in [0.29, 0.717) is 6.04 Å². The van der Waals surface area contributed by atoms with Crippen LogP contribution in [0.25, 0.3) is 21.8 Å². The zero-order valence-electron chi connectivity index (χ0n) is 17.3. The van der Waals surface area contributed by atoms with Crippen molar-refractivity contribution in [2.24, 2.45) is 0 Å². The fraction of sp³-hybridized carbons (Fsp3) is 0.458. The molecule has 0 saturated carbocycles. The van der Waals surface area contributed by atoms with Gasteiger partial charge in [-0.3, -0.25) is 0 Å². The predicted molar refractivity (Wildman–Crippen MR) is 126 cm³/mol. The highest BCUT2D eigenvalue weighted by Crippen LogP contribution is 2.33. The first-order valence-corrected chi connectivity index (χ1v) is 11.4. The number of halogens is 1. The van der Waals surface area contributed by atoms with Crippen molar-refractivity contribution in [3.05, 3.63) is 46.9 Å². The number of aromatic nitrogens is 1. The molecule has 150 valence electrons. The molecule has 2 aromatic carbocycles. The van der Waals surface area contributed by atoms with Gasteiger partial charge in [0.15, 0.2) is 0 Å². The third-order valence-electron chi connectivity index (χ3n) is 5.55. The molecule has 3 rings (SSSR count). The molecule has 3 nitrogen and oxygen atoms in total. The molecule has 0 bridgehead atoms. The molecule has 0 radical (unpaired) electrons. The molecule has 0 saturated heterocycles. The molecule has 1 aromatic heterocycles. The van der Waals surface area contributed by atoms with Crippen molar-refractivity contribution in [2.75, 3.05) is 25.0 Å². The Morgan fingerprint density at radius 3 is 2.46 bits per heavy atom. The van der Waals surface area contributed by atoms with Crippen LogP contribution in [0.2, 0.25) is 0 Å². The van der Waals surface area contributed by atoms with Gasteiger partial charge in [0.05, 0.1) is 16.7 Å². The third kappa shape index (κ3) is 5.03. The van der Waals surface area contributed by atoms with E-state index in [1.165, 1.54) is 48.7 Å². The normalized spacial score (nSPS) is 12.8. The van der Waals surface area contributed by atoms with Gasteiger partial charge in [-0.05, 0) is 63.2 Å². The highest BCUT2D eigenvalue weighted by Gasteiger charge is 2.14. The van der Waals surface area contributed by atoms with E-state index in [9.17, 15) is 0 Å². The number of para-hydroxylation sites is 1. The maximum Gasteiger partial charge on any atom is 0.0731 e. The van der Waals surface area contributed by atoms with Crippen LogP contribution < -0.4 is 5.32 Å². The number of anilines is 1. The lowest BCUT2D eigenvalue weighted by atomic mass is 10.0. The highest BCUT2D eigenvalue weighted by molar-refractivity contribution is 9.10. The Morgan fingerprint density at radius 2 is 1.71 bits per heavy atom. The van der Waals surface area contributed by atoms with E-state index in [0.717, 1.165) is 28.6 Å². The third-order valence-corrected chi connectivity index (χ3v) is 6.04. The Balaban J connectivity index is 1.91. The van der Waals surface area contributed by atoms with Gasteiger partial charge in [-0.25, -0.2) is 4.98 Å². The van der Waals surface area contributed by atoms with Crippen molar-refractivity contribution in [3.63, 3.8) is 0 Å². The van der Waals surface area contributed by atoms with E-state index >= 15 is 0 Å². The number of nitrogens with zero attached hydrogens (tertiary/aromatic N) is 2. The molecular weight excluding hydrogens is 410 g/mol. The summed E-state index contributed by atoms with van der Waals surface area (Å²) in [7, 11) is 0. The van der Waals surface area contributed by atoms with E-state index in [1.54, 1.807) is 0 Å². The molecule has 0 aliphatic rings. The van der Waals surface area contributed by atoms with Crippen LogP contribution in [0.4, 0.5) is 5.69 Å². The van der Waals surface area contributed by atoms with Gasteiger partial charge in [-0.2, -0.15) is 0 Å². The van der Waals surface area contributed by atoms with Gasteiger partial charge in [0.1, 0.15) is 0 Å². The smallest absolute Gasteiger partial charge is 0.0731 e. The fourth-order valence-electron chi connectivity index (χ4n) is 3.96. The van der Waals surface area contributed by atoms with Crippen molar-refractivity contribution < 1.29 is 0 Å². The first-order chi connectivity index (χ1) is 13.7. The Morgan fingerprint density at radius 1 is 0.964 bits per heavy atom. The minimum absolute atomic E-state index is 0.480. The molecule has 0 spiro atoms. The fourth-order valence-corrected chi connectivity index (χ4v) is 4.32. The van der Waals surface area contributed by atoms with Gasteiger partial charge in [0.2, 0.25) is 0 Å². The van der Waals surface area contributed by atoms with Crippen LogP contribution in [0.3, 0.4) is 0 Å². The standard InChI is InChI=1S/C24H32BrN3/c1-4-10-19(11-9-16-28(5-2)6-3)26-24-20-12-7-8-13-22(20)27-23-15-14-18(25)17-21(23)24/h7-8,12-15,17,19H,4-6,9-11,16H2,1-3H3,(H,26,27)/t19-/m0/s1. The number of hydrogen-bond acceptors (Lipinski definition) is 3. The summed E-state index contributed by atoms with van der Waals surface area (Å²) in [6, 6.07) is 15.3. The molecule has 28 heavy (non-hydrogen) atoms. The van der Waals surface area contributed by atoms with Crippen LogP contribution in [0.1, 0.15) is 46.5 Å². The average Bonchev–Trinajstić information content (AvgIpc) is 2.71. The summed E-state index contributed by atoms with van der Waals surface area (Å²) >= 11 is 3.64. The van der Waals surface area contributed by atoms with Gasteiger partial charge in [-0.15, -0.1) is 0 Å². The summed E-state index contributed by atoms with van der Waals surface area (Å²) in [5, 5.41) is 6.32. The first-order valence-electron chi connectivity index (χ1n) is 10.6. The zero-order valence-corrected chi connectivity index (χ0v) is 18.9. The summed E-state index contributed by atoms with van der Waals surface area (Å²) < 4.78 is 1.09. The lowest BCUT2D eigenvalue weighted by Gasteiger charge is -2.24. The van der Waals surface area contributed by atoms with Crippen molar-refractivity contribution >= 4 is 43.4 Å². The van der Waals surface area contributed by atoms with E-state index in [2.05, 4.69) is 89.4 Å². The SMILES string of the molecule is CCC[C@@H](CCCN(CC)CC)Nc1c2ccccc2nc2ccc(Br)cc12. The zero-order chi connectivity index (χ0) is 19.9. The Bertz CT molecular complexity index is 905. The highest BCUT2D eigenvalue weighted by atomic mass is 79.9. The maximum absolute atomic E-state index is 4.87. The summed E-state index contributed by atoms with van der Waals surface area (Å²) in [4.78, 5) is 7.38. The topological polar surface area (TPSA) is 28.2 Å². The van der Waals surface area contributed by atoms with Crippen molar-refractivity contribution in [3.8, 4) is 0 Å². The molecule has 1 heterocycles. The molecule has 0 aliphatic heterocycles. The summed E-state index contributed by atoms with van der Waals surface area (Å²) in [5.74, 6) is 0. The molecule has 1 N–H and O–H groups in total. The van der Waals surface area contributed by atoms with Gasteiger partial charge >= 0.3 is 0 Å². The van der Waals surface area contributed by atoms with Crippen LogP contribution in [-0.4, -0.2) is 35.6 Å².